The first-order chi connectivity index (χ1) is 11.5. The van der Waals surface area contributed by atoms with Crippen molar-refractivity contribution >= 4 is 5.91 Å². The van der Waals surface area contributed by atoms with Crippen LogP contribution in [0.1, 0.15) is 35.9 Å². The van der Waals surface area contributed by atoms with Gasteiger partial charge in [0.05, 0.1) is 17.8 Å². The van der Waals surface area contributed by atoms with Crippen LogP contribution in [-0.4, -0.2) is 46.2 Å². The van der Waals surface area contributed by atoms with Gasteiger partial charge in [0.25, 0.3) is 5.91 Å². The minimum atomic E-state index is -0.0584. The first-order valence-corrected chi connectivity index (χ1v) is 7.98. The Labute approximate surface area is 140 Å². The predicted octanol–water partition coefficient (Wildman–Crippen LogP) is 2.21. The SMILES string of the molecule is Cc1nc(COc2ccccc2C(=O)N2CC(C)OC(C)C2)no1. The lowest BCUT2D eigenvalue weighted by atomic mass is 10.1. The molecule has 0 spiro atoms. The predicted molar refractivity (Wildman–Crippen MR) is 85.7 cm³/mol. The summed E-state index contributed by atoms with van der Waals surface area (Å²) in [7, 11) is 0. The molecule has 0 aliphatic carbocycles. The number of nitrogens with zero attached hydrogens (tertiary/aromatic N) is 3. The molecular formula is C17H21N3O4. The summed E-state index contributed by atoms with van der Waals surface area (Å²) in [6.07, 6.45) is 0.0428. The van der Waals surface area contributed by atoms with E-state index in [1.54, 1.807) is 24.0 Å². The topological polar surface area (TPSA) is 77.7 Å². The standard InChI is InChI=1S/C17H21N3O4/c1-11-8-20(9-12(2)23-11)17(21)14-6-4-5-7-15(14)22-10-16-18-13(3)24-19-16/h4-7,11-12H,8-10H2,1-3H3. The van der Waals surface area contributed by atoms with Gasteiger partial charge in [0.1, 0.15) is 5.75 Å². The van der Waals surface area contributed by atoms with Crippen molar-refractivity contribution in [2.45, 2.75) is 39.6 Å². The average Bonchev–Trinajstić information content (AvgIpc) is 2.97. The van der Waals surface area contributed by atoms with Gasteiger partial charge in [-0.2, -0.15) is 4.98 Å². The molecule has 7 heteroatoms. The van der Waals surface area contributed by atoms with Crippen molar-refractivity contribution in [2.75, 3.05) is 13.1 Å². The highest BCUT2D eigenvalue weighted by molar-refractivity contribution is 5.97. The van der Waals surface area contributed by atoms with E-state index in [2.05, 4.69) is 10.1 Å². The van der Waals surface area contributed by atoms with E-state index in [1.807, 2.05) is 26.0 Å². The van der Waals surface area contributed by atoms with Crippen LogP contribution < -0.4 is 4.74 Å². The Kier molecular flexibility index (Phi) is 4.80. The molecule has 0 radical (unpaired) electrons. The second-order valence-corrected chi connectivity index (χ2v) is 5.98. The summed E-state index contributed by atoms with van der Waals surface area (Å²) in [6, 6.07) is 7.20. The summed E-state index contributed by atoms with van der Waals surface area (Å²) >= 11 is 0. The van der Waals surface area contributed by atoms with Crippen LogP contribution in [0.5, 0.6) is 5.75 Å². The number of hydrogen-bond acceptors (Lipinski definition) is 6. The van der Waals surface area contributed by atoms with E-state index in [0.29, 0.717) is 36.1 Å². The number of aryl methyl sites for hydroxylation is 1. The molecule has 3 rings (SSSR count). The van der Waals surface area contributed by atoms with Crippen molar-refractivity contribution in [1.29, 1.82) is 0 Å². The summed E-state index contributed by atoms with van der Waals surface area (Å²) in [5.41, 5.74) is 0.527. The van der Waals surface area contributed by atoms with Crippen LogP contribution in [0.25, 0.3) is 0 Å². The van der Waals surface area contributed by atoms with Crippen molar-refractivity contribution in [1.82, 2.24) is 15.0 Å². The van der Waals surface area contributed by atoms with Crippen molar-refractivity contribution in [2.24, 2.45) is 0 Å². The first kappa shape index (κ1) is 16.4. The van der Waals surface area contributed by atoms with Gasteiger partial charge in [0.15, 0.2) is 6.61 Å². The fourth-order valence-electron chi connectivity index (χ4n) is 2.83. The molecule has 0 bridgehead atoms. The number of rotatable bonds is 4. The van der Waals surface area contributed by atoms with Gasteiger partial charge in [-0.3, -0.25) is 4.79 Å². The molecule has 128 valence electrons. The highest BCUT2D eigenvalue weighted by atomic mass is 16.5. The number of hydrogen-bond donors (Lipinski definition) is 0. The quantitative estimate of drug-likeness (QED) is 0.855. The molecule has 0 saturated carbocycles. The van der Waals surface area contributed by atoms with E-state index in [4.69, 9.17) is 14.0 Å². The summed E-state index contributed by atoms with van der Waals surface area (Å²) < 4.78 is 16.3. The lowest BCUT2D eigenvalue weighted by Gasteiger charge is -2.35. The number of carbonyl (C=O) groups excluding carboxylic acids is 1. The lowest BCUT2D eigenvalue weighted by molar-refractivity contribution is -0.0586. The Morgan fingerprint density at radius 3 is 2.67 bits per heavy atom. The molecule has 1 aliphatic rings. The molecule has 1 amide bonds. The number of amides is 1. The number of carbonyl (C=O) groups is 1. The summed E-state index contributed by atoms with van der Waals surface area (Å²) in [5.74, 6) is 1.38. The van der Waals surface area contributed by atoms with Gasteiger partial charge in [-0.25, -0.2) is 0 Å². The zero-order chi connectivity index (χ0) is 17.1. The van der Waals surface area contributed by atoms with E-state index in [1.165, 1.54) is 0 Å². The Bertz CT molecular complexity index is 705. The van der Waals surface area contributed by atoms with E-state index in [9.17, 15) is 4.79 Å². The number of ether oxygens (including phenoxy) is 2. The Morgan fingerprint density at radius 2 is 2.00 bits per heavy atom. The molecule has 1 saturated heterocycles. The fraction of sp³-hybridized carbons (Fsp3) is 0.471. The van der Waals surface area contributed by atoms with Gasteiger partial charge in [0.2, 0.25) is 11.7 Å². The number of morpholine rings is 1. The molecule has 1 aliphatic heterocycles. The fourth-order valence-corrected chi connectivity index (χ4v) is 2.83. The third-order valence-electron chi connectivity index (χ3n) is 3.75. The van der Waals surface area contributed by atoms with E-state index < -0.39 is 0 Å². The number of aromatic nitrogens is 2. The molecule has 7 nitrogen and oxygen atoms in total. The lowest BCUT2D eigenvalue weighted by Crippen LogP contribution is -2.48. The smallest absolute Gasteiger partial charge is 0.257 e. The zero-order valence-corrected chi connectivity index (χ0v) is 14.1. The second-order valence-electron chi connectivity index (χ2n) is 5.98. The average molecular weight is 331 g/mol. The Morgan fingerprint density at radius 1 is 1.29 bits per heavy atom. The van der Waals surface area contributed by atoms with Crippen molar-refractivity contribution in [3.05, 3.63) is 41.5 Å². The first-order valence-electron chi connectivity index (χ1n) is 7.98. The molecule has 2 unspecified atom stereocenters. The maximum absolute atomic E-state index is 12.9. The molecule has 2 atom stereocenters. The highest BCUT2D eigenvalue weighted by Gasteiger charge is 2.28. The zero-order valence-electron chi connectivity index (χ0n) is 14.1. The third kappa shape index (κ3) is 3.73. The highest BCUT2D eigenvalue weighted by Crippen LogP contribution is 2.23. The molecule has 2 heterocycles. The molecule has 1 fully saturated rings. The van der Waals surface area contributed by atoms with Gasteiger partial charge in [0, 0.05) is 20.0 Å². The van der Waals surface area contributed by atoms with Crippen LogP contribution in [-0.2, 0) is 11.3 Å². The number of para-hydroxylation sites is 1. The van der Waals surface area contributed by atoms with Crippen molar-refractivity contribution in [3.63, 3.8) is 0 Å². The van der Waals surface area contributed by atoms with Crippen molar-refractivity contribution in [3.8, 4) is 5.75 Å². The third-order valence-corrected chi connectivity index (χ3v) is 3.75. The van der Waals surface area contributed by atoms with E-state index >= 15 is 0 Å². The van der Waals surface area contributed by atoms with Crippen LogP contribution in [0.4, 0.5) is 0 Å². The van der Waals surface area contributed by atoms with Crippen LogP contribution in [0, 0.1) is 6.92 Å². The maximum atomic E-state index is 12.9. The van der Waals surface area contributed by atoms with Crippen molar-refractivity contribution < 1.29 is 18.8 Å². The van der Waals surface area contributed by atoms with Crippen LogP contribution >= 0.6 is 0 Å². The van der Waals surface area contributed by atoms with Gasteiger partial charge in [-0.05, 0) is 26.0 Å². The van der Waals surface area contributed by atoms with Gasteiger partial charge >= 0.3 is 0 Å². The minimum absolute atomic E-state index is 0.0214. The monoisotopic (exact) mass is 331 g/mol. The minimum Gasteiger partial charge on any atom is -0.485 e. The molecule has 1 aromatic heterocycles. The molecule has 0 N–H and O–H groups in total. The second kappa shape index (κ2) is 7.00. The molecule has 1 aromatic carbocycles. The Balaban J connectivity index is 1.74. The summed E-state index contributed by atoms with van der Waals surface area (Å²) in [6.45, 7) is 6.95. The molecule has 24 heavy (non-hydrogen) atoms. The normalized spacial score (nSPS) is 20.9. The molecular weight excluding hydrogens is 310 g/mol. The van der Waals surface area contributed by atoms with Crippen LogP contribution in [0.2, 0.25) is 0 Å². The Hall–Kier alpha value is -2.41. The summed E-state index contributed by atoms with van der Waals surface area (Å²) in [5, 5.41) is 3.79. The largest absolute Gasteiger partial charge is 0.485 e. The van der Waals surface area contributed by atoms with Crippen LogP contribution in [0.15, 0.2) is 28.8 Å². The van der Waals surface area contributed by atoms with E-state index in [-0.39, 0.29) is 24.7 Å². The number of benzene rings is 1. The van der Waals surface area contributed by atoms with Gasteiger partial charge in [-0.1, -0.05) is 17.3 Å². The van der Waals surface area contributed by atoms with E-state index in [0.717, 1.165) is 0 Å². The summed E-state index contributed by atoms with van der Waals surface area (Å²) in [4.78, 5) is 18.8. The van der Waals surface area contributed by atoms with Gasteiger partial charge in [-0.15, -0.1) is 0 Å². The van der Waals surface area contributed by atoms with Crippen LogP contribution in [0.3, 0.4) is 0 Å². The maximum Gasteiger partial charge on any atom is 0.257 e. The van der Waals surface area contributed by atoms with Gasteiger partial charge < -0.3 is 18.9 Å². The molecule has 2 aromatic rings.